The van der Waals surface area contributed by atoms with E-state index in [1.54, 1.807) is 6.92 Å². The summed E-state index contributed by atoms with van der Waals surface area (Å²) in [5.74, 6) is 0. The molecule has 0 aromatic rings. The predicted octanol–water partition coefficient (Wildman–Crippen LogP) is 0.658. The molecule has 0 aromatic carbocycles. The second-order valence-corrected chi connectivity index (χ2v) is 3.93. The molecule has 5 atom stereocenters. The van der Waals surface area contributed by atoms with Crippen LogP contribution in [0.15, 0.2) is 0 Å². The minimum Gasteiger partial charge on any atom is -0.390 e. The van der Waals surface area contributed by atoms with E-state index >= 15 is 0 Å². The molecule has 0 spiro atoms. The molecule has 0 saturated carbocycles. The van der Waals surface area contributed by atoms with Gasteiger partial charge in [-0.2, -0.15) is 0 Å². The fourth-order valence-electron chi connectivity index (χ4n) is 1.39. The Labute approximate surface area is 84.8 Å². The fraction of sp³-hybridized carbons (Fsp3) is 1.00. The molecule has 2 N–H and O–H groups in total. The molecule has 1 aliphatic rings. The molecule has 0 aromatic heterocycles. The Balaban J connectivity index is 2.44. The molecule has 2 unspecified atom stereocenters. The van der Waals surface area contributed by atoms with Crippen LogP contribution in [0.2, 0.25) is 0 Å². The van der Waals surface area contributed by atoms with E-state index < -0.39 is 18.5 Å². The minimum atomic E-state index is -0.727. The zero-order chi connectivity index (χ0) is 10.7. The molecule has 0 bridgehead atoms. The first-order valence-corrected chi connectivity index (χ1v) is 5.21. The third-order valence-electron chi connectivity index (χ3n) is 2.63. The molecule has 1 heterocycles. The van der Waals surface area contributed by atoms with Crippen molar-refractivity contribution >= 4 is 0 Å². The van der Waals surface area contributed by atoms with E-state index in [0.29, 0.717) is 6.42 Å². The minimum absolute atomic E-state index is 0.0668. The normalized spacial score (nSPS) is 40.9. The summed E-state index contributed by atoms with van der Waals surface area (Å²) in [5, 5.41) is 19.0. The van der Waals surface area contributed by atoms with Gasteiger partial charge in [0.05, 0.1) is 18.3 Å². The van der Waals surface area contributed by atoms with E-state index in [2.05, 4.69) is 0 Å². The quantitative estimate of drug-likeness (QED) is 0.709. The van der Waals surface area contributed by atoms with Crippen molar-refractivity contribution in [2.45, 2.75) is 64.3 Å². The SMILES string of the molecule is CC[C@H](C)O[C@@H]1OC(C)[C@H](O)CC1O. The van der Waals surface area contributed by atoms with Crippen LogP contribution in [-0.4, -0.2) is 40.9 Å². The lowest BCUT2D eigenvalue weighted by Crippen LogP contribution is -2.48. The summed E-state index contributed by atoms with van der Waals surface area (Å²) in [4.78, 5) is 0. The van der Waals surface area contributed by atoms with E-state index in [9.17, 15) is 10.2 Å². The molecule has 14 heavy (non-hydrogen) atoms. The van der Waals surface area contributed by atoms with Crippen molar-refractivity contribution in [2.24, 2.45) is 0 Å². The summed E-state index contributed by atoms with van der Waals surface area (Å²) in [6.45, 7) is 5.73. The van der Waals surface area contributed by atoms with Crippen LogP contribution < -0.4 is 0 Å². The molecule has 4 nitrogen and oxygen atoms in total. The van der Waals surface area contributed by atoms with Gasteiger partial charge < -0.3 is 19.7 Å². The topological polar surface area (TPSA) is 58.9 Å². The Kier molecular flexibility index (Phi) is 4.31. The molecule has 0 amide bonds. The number of aliphatic hydroxyl groups excluding tert-OH is 2. The third kappa shape index (κ3) is 2.92. The van der Waals surface area contributed by atoms with Gasteiger partial charge in [0, 0.05) is 6.42 Å². The molecular weight excluding hydrogens is 184 g/mol. The van der Waals surface area contributed by atoms with Gasteiger partial charge >= 0.3 is 0 Å². The zero-order valence-corrected chi connectivity index (χ0v) is 9.01. The van der Waals surface area contributed by atoms with Crippen molar-refractivity contribution in [3.05, 3.63) is 0 Å². The zero-order valence-electron chi connectivity index (χ0n) is 9.01. The lowest BCUT2D eigenvalue weighted by Gasteiger charge is -2.36. The van der Waals surface area contributed by atoms with E-state index in [-0.39, 0.29) is 12.2 Å². The number of hydrogen-bond donors (Lipinski definition) is 2. The van der Waals surface area contributed by atoms with Crippen LogP contribution in [0.1, 0.15) is 33.6 Å². The monoisotopic (exact) mass is 204 g/mol. The van der Waals surface area contributed by atoms with Gasteiger partial charge in [-0.25, -0.2) is 0 Å². The molecule has 0 radical (unpaired) electrons. The first kappa shape index (κ1) is 11.9. The van der Waals surface area contributed by atoms with Gasteiger partial charge in [0.1, 0.15) is 6.10 Å². The van der Waals surface area contributed by atoms with Gasteiger partial charge in [-0.1, -0.05) is 6.92 Å². The van der Waals surface area contributed by atoms with Crippen LogP contribution in [-0.2, 0) is 9.47 Å². The average Bonchev–Trinajstić information content (AvgIpc) is 2.14. The number of rotatable bonds is 3. The summed E-state index contributed by atoms with van der Waals surface area (Å²) in [7, 11) is 0. The van der Waals surface area contributed by atoms with Crippen molar-refractivity contribution < 1.29 is 19.7 Å². The van der Waals surface area contributed by atoms with Crippen molar-refractivity contribution in [3.8, 4) is 0 Å². The highest BCUT2D eigenvalue weighted by molar-refractivity contribution is 4.78. The van der Waals surface area contributed by atoms with E-state index in [1.165, 1.54) is 0 Å². The Morgan fingerprint density at radius 3 is 2.64 bits per heavy atom. The van der Waals surface area contributed by atoms with Gasteiger partial charge in [0.15, 0.2) is 6.29 Å². The Morgan fingerprint density at radius 1 is 1.43 bits per heavy atom. The first-order chi connectivity index (χ1) is 6.54. The van der Waals surface area contributed by atoms with Crippen molar-refractivity contribution in [1.29, 1.82) is 0 Å². The van der Waals surface area contributed by atoms with E-state index in [1.807, 2.05) is 13.8 Å². The van der Waals surface area contributed by atoms with Crippen molar-refractivity contribution in [3.63, 3.8) is 0 Å². The van der Waals surface area contributed by atoms with E-state index in [4.69, 9.17) is 9.47 Å². The van der Waals surface area contributed by atoms with Gasteiger partial charge in [0.2, 0.25) is 0 Å². The highest BCUT2D eigenvalue weighted by Crippen LogP contribution is 2.22. The van der Waals surface area contributed by atoms with Crippen LogP contribution in [0.25, 0.3) is 0 Å². The summed E-state index contributed by atoms with van der Waals surface area (Å²) >= 11 is 0. The largest absolute Gasteiger partial charge is 0.390 e. The van der Waals surface area contributed by atoms with Crippen molar-refractivity contribution in [1.82, 2.24) is 0 Å². The first-order valence-electron chi connectivity index (χ1n) is 5.21. The molecule has 84 valence electrons. The number of hydrogen-bond acceptors (Lipinski definition) is 4. The summed E-state index contributed by atoms with van der Waals surface area (Å²) in [6.07, 6.45) is -0.920. The van der Waals surface area contributed by atoms with Gasteiger partial charge in [-0.05, 0) is 20.3 Å². The average molecular weight is 204 g/mol. The molecular formula is C10H20O4. The summed E-state index contributed by atoms with van der Waals surface area (Å²) in [6, 6.07) is 0. The summed E-state index contributed by atoms with van der Waals surface area (Å²) in [5.41, 5.74) is 0. The highest BCUT2D eigenvalue weighted by Gasteiger charge is 2.35. The highest BCUT2D eigenvalue weighted by atomic mass is 16.7. The fourth-order valence-corrected chi connectivity index (χ4v) is 1.39. The third-order valence-corrected chi connectivity index (χ3v) is 2.63. The molecule has 1 fully saturated rings. The lowest BCUT2D eigenvalue weighted by atomic mass is 10.0. The summed E-state index contributed by atoms with van der Waals surface area (Å²) < 4.78 is 10.8. The van der Waals surface area contributed by atoms with Crippen LogP contribution in [0, 0.1) is 0 Å². The molecule has 0 aliphatic carbocycles. The number of ether oxygens (including phenoxy) is 2. The Hall–Kier alpha value is -0.160. The van der Waals surface area contributed by atoms with Crippen LogP contribution in [0.5, 0.6) is 0 Å². The predicted molar refractivity (Wildman–Crippen MR) is 51.8 cm³/mol. The second kappa shape index (κ2) is 5.07. The molecule has 4 heteroatoms. The van der Waals surface area contributed by atoms with Crippen molar-refractivity contribution in [2.75, 3.05) is 0 Å². The molecule has 1 saturated heterocycles. The standard InChI is InChI=1S/C10H20O4/c1-4-6(2)13-10-9(12)5-8(11)7(3)14-10/h6-12H,4-5H2,1-3H3/t6-,7?,8+,9?,10+/m0/s1. The number of aliphatic hydroxyl groups is 2. The smallest absolute Gasteiger partial charge is 0.184 e. The van der Waals surface area contributed by atoms with Crippen LogP contribution in [0.4, 0.5) is 0 Å². The molecule has 1 rings (SSSR count). The maximum Gasteiger partial charge on any atom is 0.184 e. The maximum absolute atomic E-state index is 9.59. The van der Waals surface area contributed by atoms with Gasteiger partial charge in [-0.15, -0.1) is 0 Å². The van der Waals surface area contributed by atoms with E-state index in [0.717, 1.165) is 6.42 Å². The van der Waals surface area contributed by atoms with Gasteiger partial charge in [0.25, 0.3) is 0 Å². The van der Waals surface area contributed by atoms with Crippen LogP contribution in [0.3, 0.4) is 0 Å². The van der Waals surface area contributed by atoms with Crippen LogP contribution >= 0.6 is 0 Å². The molecule has 1 aliphatic heterocycles. The lowest BCUT2D eigenvalue weighted by molar-refractivity contribution is -0.273. The second-order valence-electron chi connectivity index (χ2n) is 3.93. The van der Waals surface area contributed by atoms with Gasteiger partial charge in [-0.3, -0.25) is 0 Å². The maximum atomic E-state index is 9.59. The Bertz CT molecular complexity index is 172. The Morgan fingerprint density at radius 2 is 2.07 bits per heavy atom.